The van der Waals surface area contributed by atoms with Crippen LogP contribution in [0.25, 0.3) is 0 Å². The highest BCUT2D eigenvalue weighted by Crippen LogP contribution is 2.33. The van der Waals surface area contributed by atoms with E-state index in [1.165, 1.54) is 0 Å². The number of amides is 1. The molecule has 1 aliphatic carbocycles. The fourth-order valence-corrected chi connectivity index (χ4v) is 1.98. The van der Waals surface area contributed by atoms with Gasteiger partial charge in [-0.3, -0.25) is 10.1 Å². The molecule has 0 aromatic heterocycles. The van der Waals surface area contributed by atoms with Crippen LogP contribution in [0.4, 0.5) is 0 Å². The van der Waals surface area contributed by atoms with Crippen molar-refractivity contribution < 1.29 is 9.53 Å². The first kappa shape index (κ1) is 11.9. The molecule has 0 bridgehead atoms. The van der Waals surface area contributed by atoms with Crippen LogP contribution in [0.2, 0.25) is 0 Å². The van der Waals surface area contributed by atoms with E-state index in [-0.39, 0.29) is 5.91 Å². The van der Waals surface area contributed by atoms with Crippen molar-refractivity contribution in [1.29, 1.82) is 0 Å². The van der Waals surface area contributed by atoms with Crippen molar-refractivity contribution in [2.75, 3.05) is 7.11 Å². The minimum absolute atomic E-state index is 0.381. The number of primary amides is 1. The van der Waals surface area contributed by atoms with Crippen LogP contribution >= 0.6 is 0 Å². The first-order valence-electron chi connectivity index (χ1n) is 5.79. The number of nitrogens with one attached hydrogen (secondary N) is 1. The normalized spacial score (nSPS) is 18.5. The van der Waals surface area contributed by atoms with Gasteiger partial charge >= 0.3 is 0 Å². The molecule has 1 saturated carbocycles. The zero-order valence-electron chi connectivity index (χ0n) is 10.2. The smallest absolute Gasteiger partial charge is 0.242 e. The molecule has 3 N–H and O–H groups in total. The predicted molar refractivity (Wildman–Crippen MR) is 65.7 cm³/mol. The molecule has 1 amide bonds. The van der Waals surface area contributed by atoms with Crippen molar-refractivity contribution in [2.24, 2.45) is 5.73 Å². The largest absolute Gasteiger partial charge is 0.496 e. The van der Waals surface area contributed by atoms with Crippen LogP contribution in [0.15, 0.2) is 24.3 Å². The average Bonchev–Trinajstić information content (AvgIpc) is 3.12. The van der Waals surface area contributed by atoms with Gasteiger partial charge in [-0.2, -0.15) is 0 Å². The molecule has 1 fully saturated rings. The Hall–Kier alpha value is -1.55. The molecule has 92 valence electrons. The number of para-hydroxylation sites is 1. The maximum atomic E-state index is 11.8. The van der Waals surface area contributed by atoms with E-state index >= 15 is 0 Å². The van der Waals surface area contributed by atoms with E-state index in [1.54, 1.807) is 7.11 Å². The van der Waals surface area contributed by atoms with Crippen molar-refractivity contribution in [2.45, 2.75) is 31.3 Å². The van der Waals surface area contributed by atoms with E-state index in [2.05, 4.69) is 5.32 Å². The lowest BCUT2D eigenvalue weighted by Crippen LogP contribution is -2.51. The van der Waals surface area contributed by atoms with Gasteiger partial charge in [-0.25, -0.2) is 0 Å². The quantitative estimate of drug-likeness (QED) is 0.803. The fraction of sp³-hybridized carbons (Fsp3) is 0.462. The van der Waals surface area contributed by atoms with Gasteiger partial charge in [0, 0.05) is 11.6 Å². The number of carbonyl (C=O) groups excluding carboxylic acids is 1. The van der Waals surface area contributed by atoms with E-state index in [1.807, 2.05) is 31.2 Å². The Labute approximate surface area is 101 Å². The van der Waals surface area contributed by atoms with Crippen LogP contribution in [0.5, 0.6) is 5.75 Å². The summed E-state index contributed by atoms with van der Waals surface area (Å²) in [4.78, 5) is 11.8. The zero-order chi connectivity index (χ0) is 12.5. The molecular weight excluding hydrogens is 216 g/mol. The lowest BCUT2D eigenvalue weighted by atomic mass is 9.90. The molecule has 4 heteroatoms. The van der Waals surface area contributed by atoms with Gasteiger partial charge < -0.3 is 10.5 Å². The molecule has 1 aromatic rings. The van der Waals surface area contributed by atoms with Gasteiger partial charge in [0.1, 0.15) is 11.3 Å². The molecule has 1 aromatic carbocycles. The summed E-state index contributed by atoms with van der Waals surface area (Å²) in [6.07, 6.45) is 2.19. The summed E-state index contributed by atoms with van der Waals surface area (Å²) in [5.41, 5.74) is 5.47. The number of hydrogen-bond donors (Lipinski definition) is 2. The summed E-state index contributed by atoms with van der Waals surface area (Å²) >= 11 is 0. The highest BCUT2D eigenvalue weighted by molar-refractivity contribution is 5.86. The summed E-state index contributed by atoms with van der Waals surface area (Å²) in [6.45, 7) is 1.81. The van der Waals surface area contributed by atoms with Crippen molar-refractivity contribution in [3.05, 3.63) is 29.8 Å². The number of hydrogen-bond acceptors (Lipinski definition) is 3. The Morgan fingerprint density at radius 1 is 1.47 bits per heavy atom. The van der Waals surface area contributed by atoms with E-state index in [0.717, 1.165) is 18.4 Å². The van der Waals surface area contributed by atoms with E-state index in [9.17, 15) is 4.79 Å². The Bertz CT molecular complexity index is 429. The van der Waals surface area contributed by atoms with Crippen molar-refractivity contribution in [1.82, 2.24) is 5.32 Å². The van der Waals surface area contributed by atoms with Crippen molar-refractivity contribution in [3.8, 4) is 5.75 Å². The second kappa shape index (κ2) is 4.37. The molecule has 0 saturated heterocycles. The Morgan fingerprint density at radius 3 is 2.65 bits per heavy atom. The zero-order valence-corrected chi connectivity index (χ0v) is 10.2. The number of ether oxygens (including phenoxy) is 1. The predicted octanol–water partition coefficient (Wildman–Crippen LogP) is 1.15. The molecule has 2 rings (SSSR count). The van der Waals surface area contributed by atoms with Crippen molar-refractivity contribution in [3.63, 3.8) is 0 Å². The third-order valence-electron chi connectivity index (χ3n) is 3.21. The van der Waals surface area contributed by atoms with Gasteiger partial charge in [-0.15, -0.1) is 0 Å². The SMILES string of the molecule is COc1ccccc1C(C)(NC1CC1)C(N)=O. The van der Waals surface area contributed by atoms with Gasteiger partial charge in [-0.05, 0) is 25.8 Å². The molecule has 1 unspecified atom stereocenters. The standard InChI is InChI=1S/C13H18N2O2/c1-13(12(14)16,15-9-7-8-9)10-5-3-4-6-11(10)17-2/h3-6,9,15H,7-8H2,1-2H3,(H2,14,16). The topological polar surface area (TPSA) is 64.3 Å². The second-order valence-corrected chi connectivity index (χ2v) is 4.61. The second-order valence-electron chi connectivity index (χ2n) is 4.61. The fourth-order valence-electron chi connectivity index (χ4n) is 1.98. The third-order valence-corrected chi connectivity index (χ3v) is 3.21. The molecular formula is C13H18N2O2. The van der Waals surface area contributed by atoms with Gasteiger partial charge in [0.05, 0.1) is 7.11 Å². The maximum Gasteiger partial charge on any atom is 0.242 e. The molecule has 0 heterocycles. The van der Waals surface area contributed by atoms with E-state index in [4.69, 9.17) is 10.5 Å². The van der Waals surface area contributed by atoms with Crippen LogP contribution in [0.1, 0.15) is 25.3 Å². The minimum Gasteiger partial charge on any atom is -0.496 e. The summed E-state index contributed by atoms with van der Waals surface area (Å²) < 4.78 is 5.30. The molecule has 1 aliphatic rings. The summed E-state index contributed by atoms with van der Waals surface area (Å²) in [7, 11) is 1.59. The number of nitrogens with two attached hydrogens (primary N) is 1. The molecule has 1 atom stereocenters. The van der Waals surface area contributed by atoms with Crippen LogP contribution in [0, 0.1) is 0 Å². The summed E-state index contributed by atoms with van der Waals surface area (Å²) in [6, 6.07) is 7.86. The Balaban J connectivity index is 2.40. The lowest BCUT2D eigenvalue weighted by molar-refractivity contribution is -0.124. The first-order valence-corrected chi connectivity index (χ1v) is 5.79. The first-order chi connectivity index (χ1) is 8.08. The summed E-state index contributed by atoms with van der Waals surface area (Å²) in [5.74, 6) is 0.302. The van der Waals surface area contributed by atoms with E-state index < -0.39 is 5.54 Å². The van der Waals surface area contributed by atoms with Crippen LogP contribution in [0.3, 0.4) is 0 Å². The minimum atomic E-state index is -0.867. The van der Waals surface area contributed by atoms with E-state index in [0.29, 0.717) is 11.8 Å². The van der Waals surface area contributed by atoms with Gasteiger partial charge in [0.25, 0.3) is 0 Å². The van der Waals surface area contributed by atoms with Gasteiger partial charge in [-0.1, -0.05) is 18.2 Å². The summed E-state index contributed by atoms with van der Waals surface area (Å²) in [5, 5.41) is 3.30. The Morgan fingerprint density at radius 2 is 2.12 bits per heavy atom. The highest BCUT2D eigenvalue weighted by Gasteiger charge is 2.40. The highest BCUT2D eigenvalue weighted by atomic mass is 16.5. The molecule has 4 nitrogen and oxygen atoms in total. The third kappa shape index (κ3) is 2.26. The molecule has 17 heavy (non-hydrogen) atoms. The van der Waals surface area contributed by atoms with Crippen molar-refractivity contribution >= 4 is 5.91 Å². The molecule has 0 aliphatic heterocycles. The number of benzene rings is 1. The van der Waals surface area contributed by atoms with Gasteiger partial charge in [0.2, 0.25) is 5.91 Å². The monoisotopic (exact) mass is 234 g/mol. The van der Waals surface area contributed by atoms with Crippen LogP contribution in [-0.2, 0) is 10.3 Å². The average molecular weight is 234 g/mol. The number of rotatable bonds is 5. The molecule has 0 radical (unpaired) electrons. The number of methoxy groups -OCH3 is 1. The van der Waals surface area contributed by atoms with Gasteiger partial charge in [0.15, 0.2) is 0 Å². The van der Waals surface area contributed by atoms with Crippen LogP contribution < -0.4 is 15.8 Å². The maximum absolute atomic E-state index is 11.8. The number of carbonyl (C=O) groups is 1. The molecule has 0 spiro atoms. The Kier molecular flexibility index (Phi) is 3.07. The lowest BCUT2D eigenvalue weighted by Gasteiger charge is -2.29. The van der Waals surface area contributed by atoms with Crippen LogP contribution in [-0.4, -0.2) is 19.1 Å².